The number of carbonyl (C=O) groups is 2. The van der Waals surface area contributed by atoms with E-state index in [-0.39, 0.29) is 24.9 Å². The zero-order valence-corrected chi connectivity index (χ0v) is 15.8. The normalized spacial score (nSPS) is 16.6. The lowest BCUT2D eigenvalue weighted by atomic mass is 10.0. The molecule has 1 heterocycles. The summed E-state index contributed by atoms with van der Waals surface area (Å²) < 4.78 is 5.39. The number of hydrogen-bond donors (Lipinski definition) is 1. The molecule has 6 heteroatoms. The first-order valence-electron chi connectivity index (χ1n) is 8.52. The second-order valence-corrected chi connectivity index (χ2v) is 6.24. The van der Waals surface area contributed by atoms with Crippen LogP contribution in [-0.4, -0.2) is 42.1 Å². The van der Waals surface area contributed by atoms with Crippen LogP contribution >= 0.6 is 12.4 Å². The highest BCUT2D eigenvalue weighted by Crippen LogP contribution is 2.28. The van der Waals surface area contributed by atoms with Crippen LogP contribution < -0.4 is 4.74 Å². The van der Waals surface area contributed by atoms with Gasteiger partial charge >= 0.3 is 5.97 Å². The van der Waals surface area contributed by atoms with Crippen molar-refractivity contribution in [2.45, 2.75) is 6.42 Å². The molecule has 1 saturated heterocycles. The molecule has 1 amide bonds. The van der Waals surface area contributed by atoms with Gasteiger partial charge in [-0.1, -0.05) is 48.5 Å². The zero-order valence-electron chi connectivity index (χ0n) is 15.0. The fourth-order valence-corrected chi connectivity index (χ4v) is 3.14. The van der Waals surface area contributed by atoms with E-state index in [4.69, 9.17) is 4.74 Å². The second kappa shape index (κ2) is 9.24. The number of carboxylic acids is 1. The largest absolute Gasteiger partial charge is 0.496 e. The van der Waals surface area contributed by atoms with E-state index in [9.17, 15) is 14.7 Å². The Balaban J connectivity index is 0.00000261. The Morgan fingerprint density at radius 2 is 1.78 bits per heavy atom. The predicted molar refractivity (Wildman–Crippen MR) is 107 cm³/mol. The standard InChI is InChI=1S/C21H21NO4.ClH/c1-26-19-10-6-5-9-16(19)13-18(15-7-3-2-4-8-15)20(23)22-12-11-17(14-22)21(24)25;/h2-10,13,17H,11-12,14H2,1H3,(H,24,25);1H/b18-13+;. The molecule has 0 aliphatic carbocycles. The number of aliphatic carboxylic acids is 1. The maximum atomic E-state index is 13.1. The molecule has 0 bridgehead atoms. The number of nitrogens with zero attached hydrogens (tertiary/aromatic N) is 1. The molecule has 1 aliphatic heterocycles. The van der Waals surface area contributed by atoms with Crippen molar-refractivity contribution < 1.29 is 19.4 Å². The summed E-state index contributed by atoms with van der Waals surface area (Å²) >= 11 is 0. The lowest BCUT2D eigenvalue weighted by Gasteiger charge is -2.19. The maximum absolute atomic E-state index is 13.1. The number of rotatable bonds is 5. The number of likely N-dealkylation sites (tertiary alicyclic amines) is 1. The fraction of sp³-hybridized carbons (Fsp3) is 0.238. The summed E-state index contributed by atoms with van der Waals surface area (Å²) in [5, 5.41) is 9.20. The SMILES string of the molecule is COc1ccccc1/C=C(/C(=O)N1CCC(C(=O)O)C1)c1ccccc1.Cl. The van der Waals surface area contributed by atoms with Crippen molar-refractivity contribution >= 4 is 35.9 Å². The number of carbonyl (C=O) groups excluding carboxylic acids is 1. The van der Waals surface area contributed by atoms with Crippen LogP contribution in [-0.2, 0) is 9.59 Å². The van der Waals surface area contributed by atoms with Gasteiger partial charge in [0.05, 0.1) is 13.0 Å². The molecule has 1 unspecified atom stereocenters. The molecular formula is C21H22ClNO4. The van der Waals surface area contributed by atoms with Crippen molar-refractivity contribution in [3.63, 3.8) is 0 Å². The molecular weight excluding hydrogens is 366 g/mol. The van der Waals surface area contributed by atoms with Gasteiger partial charge < -0.3 is 14.7 Å². The highest BCUT2D eigenvalue weighted by atomic mass is 35.5. The molecule has 1 atom stereocenters. The fourth-order valence-electron chi connectivity index (χ4n) is 3.14. The minimum Gasteiger partial charge on any atom is -0.496 e. The Bertz CT molecular complexity index is 835. The molecule has 0 aromatic heterocycles. The van der Waals surface area contributed by atoms with Gasteiger partial charge in [-0.3, -0.25) is 9.59 Å². The Hall–Kier alpha value is -2.79. The van der Waals surface area contributed by atoms with E-state index in [1.165, 1.54) is 0 Å². The van der Waals surface area contributed by atoms with Gasteiger partial charge in [-0.05, 0) is 24.1 Å². The average molecular weight is 388 g/mol. The summed E-state index contributed by atoms with van der Waals surface area (Å²) in [6, 6.07) is 16.9. The third kappa shape index (κ3) is 4.68. The summed E-state index contributed by atoms with van der Waals surface area (Å²) in [4.78, 5) is 26.0. The van der Waals surface area contributed by atoms with E-state index in [2.05, 4.69) is 0 Å². The summed E-state index contributed by atoms with van der Waals surface area (Å²) in [7, 11) is 1.59. The van der Waals surface area contributed by atoms with Crippen LogP contribution in [0.25, 0.3) is 11.6 Å². The van der Waals surface area contributed by atoms with Gasteiger partial charge in [-0.15, -0.1) is 12.4 Å². The van der Waals surface area contributed by atoms with Gasteiger partial charge in [0.25, 0.3) is 5.91 Å². The van der Waals surface area contributed by atoms with Crippen molar-refractivity contribution in [1.82, 2.24) is 4.90 Å². The summed E-state index contributed by atoms with van der Waals surface area (Å²) in [6.45, 7) is 0.691. The van der Waals surface area contributed by atoms with Gasteiger partial charge in [-0.2, -0.15) is 0 Å². The highest BCUT2D eigenvalue weighted by Gasteiger charge is 2.32. The van der Waals surface area contributed by atoms with Crippen LogP contribution in [0.15, 0.2) is 54.6 Å². The van der Waals surface area contributed by atoms with E-state index >= 15 is 0 Å². The third-order valence-corrected chi connectivity index (χ3v) is 4.58. The van der Waals surface area contributed by atoms with Gasteiger partial charge in [0.15, 0.2) is 0 Å². The van der Waals surface area contributed by atoms with Crippen molar-refractivity contribution in [2.24, 2.45) is 5.92 Å². The maximum Gasteiger partial charge on any atom is 0.308 e. The summed E-state index contributed by atoms with van der Waals surface area (Å²) in [5.41, 5.74) is 2.12. The van der Waals surface area contributed by atoms with E-state index in [1.54, 1.807) is 12.0 Å². The highest BCUT2D eigenvalue weighted by molar-refractivity contribution is 6.24. The molecule has 0 radical (unpaired) electrons. The van der Waals surface area contributed by atoms with Crippen molar-refractivity contribution in [2.75, 3.05) is 20.2 Å². The number of para-hydroxylation sites is 1. The number of amides is 1. The first kappa shape index (κ1) is 20.5. The predicted octanol–water partition coefficient (Wildman–Crippen LogP) is 3.59. The van der Waals surface area contributed by atoms with Crippen molar-refractivity contribution in [3.8, 4) is 5.75 Å². The first-order valence-corrected chi connectivity index (χ1v) is 8.52. The van der Waals surface area contributed by atoms with E-state index in [0.29, 0.717) is 24.3 Å². The number of ether oxygens (including phenoxy) is 1. The monoisotopic (exact) mass is 387 g/mol. The smallest absolute Gasteiger partial charge is 0.308 e. The van der Waals surface area contributed by atoms with Crippen LogP contribution in [0, 0.1) is 5.92 Å². The van der Waals surface area contributed by atoms with Crippen LogP contribution in [0.4, 0.5) is 0 Å². The lowest BCUT2D eigenvalue weighted by Crippen LogP contribution is -2.30. The zero-order chi connectivity index (χ0) is 18.5. The Morgan fingerprint density at radius 1 is 1.11 bits per heavy atom. The molecule has 27 heavy (non-hydrogen) atoms. The molecule has 1 aliphatic rings. The first-order chi connectivity index (χ1) is 12.6. The number of carboxylic acid groups (broad SMARTS) is 1. The van der Waals surface area contributed by atoms with E-state index in [1.807, 2.05) is 60.7 Å². The van der Waals surface area contributed by atoms with Crippen LogP contribution in [0.3, 0.4) is 0 Å². The average Bonchev–Trinajstić information content (AvgIpc) is 3.17. The number of halogens is 1. The van der Waals surface area contributed by atoms with Crippen molar-refractivity contribution in [3.05, 3.63) is 65.7 Å². The van der Waals surface area contributed by atoms with Gasteiger partial charge in [0.1, 0.15) is 5.75 Å². The lowest BCUT2D eigenvalue weighted by molar-refractivity contribution is -0.141. The molecule has 5 nitrogen and oxygen atoms in total. The van der Waals surface area contributed by atoms with Crippen LogP contribution in [0.5, 0.6) is 5.75 Å². The number of hydrogen-bond acceptors (Lipinski definition) is 3. The van der Waals surface area contributed by atoms with Crippen LogP contribution in [0.2, 0.25) is 0 Å². The van der Waals surface area contributed by atoms with Crippen molar-refractivity contribution in [1.29, 1.82) is 0 Å². The molecule has 0 spiro atoms. The molecule has 2 aromatic carbocycles. The second-order valence-electron chi connectivity index (χ2n) is 6.24. The molecule has 0 saturated carbocycles. The molecule has 142 valence electrons. The summed E-state index contributed by atoms with van der Waals surface area (Å²) in [5.74, 6) is -0.832. The number of benzene rings is 2. The van der Waals surface area contributed by atoms with E-state index in [0.717, 1.165) is 11.1 Å². The van der Waals surface area contributed by atoms with E-state index < -0.39 is 11.9 Å². The number of methoxy groups -OCH3 is 1. The molecule has 1 fully saturated rings. The van der Waals surface area contributed by atoms with Gasteiger partial charge in [0, 0.05) is 24.2 Å². The quantitative estimate of drug-likeness (QED) is 0.629. The summed E-state index contributed by atoms with van der Waals surface area (Å²) in [6.07, 6.45) is 2.29. The third-order valence-electron chi connectivity index (χ3n) is 4.58. The minimum atomic E-state index is -0.852. The molecule has 3 rings (SSSR count). The van der Waals surface area contributed by atoms with Crippen LogP contribution in [0.1, 0.15) is 17.5 Å². The van der Waals surface area contributed by atoms with Gasteiger partial charge in [0.2, 0.25) is 0 Å². The molecule has 2 aromatic rings. The van der Waals surface area contributed by atoms with Gasteiger partial charge in [-0.25, -0.2) is 0 Å². The topological polar surface area (TPSA) is 66.8 Å². The Morgan fingerprint density at radius 3 is 2.41 bits per heavy atom. The Labute approximate surface area is 164 Å². The Kier molecular flexibility index (Phi) is 7.02. The molecule has 1 N–H and O–H groups in total. The minimum absolute atomic E-state index is 0.